The smallest absolute Gasteiger partial charge is 0.274 e. The molecule has 3 aromatic rings. The Balaban J connectivity index is 1.45. The number of amides is 1. The minimum Gasteiger partial charge on any atom is -0.342 e. The van der Waals surface area contributed by atoms with Crippen molar-refractivity contribution in [2.75, 3.05) is 25.0 Å². The first-order valence-corrected chi connectivity index (χ1v) is 8.84. The molecule has 0 unspecified atom stereocenters. The molecule has 136 valence electrons. The molecular formula is C18H23N7O. The molecule has 4 heterocycles. The van der Waals surface area contributed by atoms with E-state index in [0.29, 0.717) is 5.69 Å². The van der Waals surface area contributed by atoms with Crippen molar-refractivity contribution in [2.24, 2.45) is 14.1 Å². The van der Waals surface area contributed by atoms with E-state index in [1.54, 1.807) is 23.1 Å². The highest BCUT2D eigenvalue weighted by Crippen LogP contribution is 2.24. The van der Waals surface area contributed by atoms with E-state index in [2.05, 4.69) is 15.0 Å². The van der Waals surface area contributed by atoms with Crippen LogP contribution in [0.15, 0.2) is 30.6 Å². The summed E-state index contributed by atoms with van der Waals surface area (Å²) in [7, 11) is 5.69. The maximum atomic E-state index is 12.6. The molecule has 1 amide bonds. The van der Waals surface area contributed by atoms with Crippen LogP contribution in [0, 0.1) is 0 Å². The average molecular weight is 353 g/mol. The van der Waals surface area contributed by atoms with Crippen LogP contribution in [-0.2, 0) is 14.1 Å². The largest absolute Gasteiger partial charge is 0.342 e. The molecule has 0 bridgehead atoms. The van der Waals surface area contributed by atoms with Gasteiger partial charge in [-0.25, -0.2) is 9.97 Å². The summed E-state index contributed by atoms with van der Waals surface area (Å²) in [6, 6.07) is 5.87. The number of piperidine rings is 1. The van der Waals surface area contributed by atoms with Gasteiger partial charge in [0.2, 0.25) is 5.95 Å². The van der Waals surface area contributed by atoms with Crippen LogP contribution < -0.4 is 4.90 Å². The van der Waals surface area contributed by atoms with Crippen molar-refractivity contribution in [1.82, 2.24) is 29.2 Å². The van der Waals surface area contributed by atoms with Crippen LogP contribution in [0.1, 0.15) is 23.3 Å². The normalized spacial score (nSPS) is 15.6. The molecule has 0 aliphatic carbocycles. The van der Waals surface area contributed by atoms with Crippen molar-refractivity contribution in [2.45, 2.75) is 18.9 Å². The number of pyridine rings is 1. The zero-order valence-electron chi connectivity index (χ0n) is 15.3. The van der Waals surface area contributed by atoms with Crippen molar-refractivity contribution in [1.29, 1.82) is 0 Å². The Morgan fingerprint density at radius 2 is 2.00 bits per heavy atom. The summed E-state index contributed by atoms with van der Waals surface area (Å²) in [4.78, 5) is 25.8. The summed E-state index contributed by atoms with van der Waals surface area (Å²) >= 11 is 0. The van der Waals surface area contributed by atoms with Crippen LogP contribution >= 0.6 is 0 Å². The molecule has 0 atom stereocenters. The van der Waals surface area contributed by atoms with Gasteiger partial charge in [-0.1, -0.05) is 0 Å². The summed E-state index contributed by atoms with van der Waals surface area (Å²) in [5.74, 6) is 0.923. The van der Waals surface area contributed by atoms with Crippen molar-refractivity contribution >= 4 is 23.0 Å². The van der Waals surface area contributed by atoms with Gasteiger partial charge in [-0.05, 0) is 31.0 Å². The number of rotatable bonds is 3. The van der Waals surface area contributed by atoms with E-state index in [9.17, 15) is 4.79 Å². The van der Waals surface area contributed by atoms with Crippen LogP contribution in [-0.4, -0.2) is 61.3 Å². The number of carbonyl (C=O) groups excluding carboxylic acids is 1. The molecule has 1 aliphatic rings. The topological polar surface area (TPSA) is 72.1 Å². The van der Waals surface area contributed by atoms with E-state index in [4.69, 9.17) is 4.98 Å². The fourth-order valence-electron chi connectivity index (χ4n) is 3.62. The zero-order valence-corrected chi connectivity index (χ0v) is 15.3. The Bertz CT molecular complexity index is 936. The van der Waals surface area contributed by atoms with Crippen molar-refractivity contribution in [3.8, 4) is 0 Å². The van der Waals surface area contributed by atoms with E-state index in [-0.39, 0.29) is 11.9 Å². The SMILES string of the molecule is CN(C(=O)c1ccn(C)n1)C1CCN(c2nc3cccnc3n2C)CC1. The highest BCUT2D eigenvalue weighted by Gasteiger charge is 2.28. The molecule has 8 heteroatoms. The van der Waals surface area contributed by atoms with Crippen molar-refractivity contribution < 1.29 is 4.79 Å². The number of imidazole rings is 1. The van der Waals surface area contributed by atoms with Gasteiger partial charge in [0.25, 0.3) is 5.91 Å². The van der Waals surface area contributed by atoms with Gasteiger partial charge in [-0.15, -0.1) is 0 Å². The van der Waals surface area contributed by atoms with E-state index >= 15 is 0 Å². The standard InChI is InChI=1S/C18H23N7O/c1-22-10-8-15(21-22)17(26)23(2)13-6-11-25(12-7-13)18-20-14-5-4-9-19-16(14)24(18)3/h4-5,8-10,13H,6-7,11-12H2,1-3H3. The Hall–Kier alpha value is -2.90. The zero-order chi connectivity index (χ0) is 18.3. The van der Waals surface area contributed by atoms with E-state index in [1.165, 1.54) is 0 Å². The number of hydrogen-bond acceptors (Lipinski definition) is 5. The summed E-state index contributed by atoms with van der Waals surface area (Å²) in [5.41, 5.74) is 2.31. The van der Waals surface area contributed by atoms with Gasteiger partial charge in [-0.2, -0.15) is 5.10 Å². The van der Waals surface area contributed by atoms with Gasteiger partial charge >= 0.3 is 0 Å². The Labute approximate surface area is 152 Å². The Morgan fingerprint density at radius 1 is 1.23 bits per heavy atom. The highest BCUT2D eigenvalue weighted by atomic mass is 16.2. The maximum absolute atomic E-state index is 12.6. The van der Waals surface area contributed by atoms with Gasteiger partial charge in [0.1, 0.15) is 11.2 Å². The molecule has 1 saturated heterocycles. The molecule has 0 radical (unpaired) electrons. The molecule has 1 aliphatic heterocycles. The van der Waals surface area contributed by atoms with Crippen LogP contribution in [0.3, 0.4) is 0 Å². The molecule has 4 rings (SSSR count). The number of hydrogen-bond donors (Lipinski definition) is 0. The van der Waals surface area contributed by atoms with Crippen LogP contribution in [0.4, 0.5) is 5.95 Å². The number of fused-ring (bicyclic) bond motifs is 1. The van der Waals surface area contributed by atoms with Gasteiger partial charge in [0, 0.05) is 52.7 Å². The molecule has 8 nitrogen and oxygen atoms in total. The Kier molecular flexibility index (Phi) is 4.10. The average Bonchev–Trinajstić information content (AvgIpc) is 3.25. The quantitative estimate of drug-likeness (QED) is 0.712. The number of carbonyl (C=O) groups is 1. The van der Waals surface area contributed by atoms with Crippen molar-refractivity contribution in [3.63, 3.8) is 0 Å². The highest BCUT2D eigenvalue weighted by molar-refractivity contribution is 5.92. The molecule has 0 N–H and O–H groups in total. The lowest BCUT2D eigenvalue weighted by Crippen LogP contribution is -2.46. The molecule has 26 heavy (non-hydrogen) atoms. The molecule has 3 aromatic heterocycles. The number of anilines is 1. The van der Waals surface area contributed by atoms with Gasteiger partial charge in [0.05, 0.1) is 0 Å². The van der Waals surface area contributed by atoms with Crippen LogP contribution in [0.25, 0.3) is 11.2 Å². The maximum Gasteiger partial charge on any atom is 0.274 e. The fourth-order valence-corrected chi connectivity index (χ4v) is 3.62. The summed E-state index contributed by atoms with van der Waals surface area (Å²) in [5, 5.41) is 4.22. The summed E-state index contributed by atoms with van der Waals surface area (Å²) in [6.07, 6.45) is 5.40. The summed E-state index contributed by atoms with van der Waals surface area (Å²) in [6.45, 7) is 1.73. The van der Waals surface area contributed by atoms with Crippen molar-refractivity contribution in [3.05, 3.63) is 36.3 Å². The first-order chi connectivity index (χ1) is 12.5. The predicted molar refractivity (Wildman–Crippen MR) is 99.0 cm³/mol. The lowest BCUT2D eigenvalue weighted by Gasteiger charge is -2.36. The second kappa shape index (κ2) is 6.44. The molecular weight excluding hydrogens is 330 g/mol. The van der Waals surface area contributed by atoms with Crippen LogP contribution in [0.5, 0.6) is 0 Å². The minimum atomic E-state index is -0.0176. The number of aryl methyl sites for hydroxylation is 2. The number of aromatic nitrogens is 5. The van der Waals surface area contributed by atoms with Gasteiger partial charge in [0.15, 0.2) is 5.65 Å². The first kappa shape index (κ1) is 16.6. The Morgan fingerprint density at radius 3 is 2.65 bits per heavy atom. The first-order valence-electron chi connectivity index (χ1n) is 8.84. The fraction of sp³-hybridized carbons (Fsp3) is 0.444. The monoisotopic (exact) mass is 353 g/mol. The van der Waals surface area contributed by atoms with E-state index in [0.717, 1.165) is 43.0 Å². The van der Waals surface area contributed by atoms with Crippen LogP contribution in [0.2, 0.25) is 0 Å². The molecule has 0 saturated carbocycles. The lowest BCUT2D eigenvalue weighted by atomic mass is 10.0. The second-order valence-corrected chi connectivity index (χ2v) is 6.83. The molecule has 1 fully saturated rings. The molecule has 0 aromatic carbocycles. The lowest BCUT2D eigenvalue weighted by molar-refractivity contribution is 0.0702. The van der Waals surface area contributed by atoms with Gasteiger partial charge in [-0.3, -0.25) is 14.0 Å². The van der Waals surface area contributed by atoms with E-state index < -0.39 is 0 Å². The third-order valence-electron chi connectivity index (χ3n) is 5.15. The number of nitrogens with zero attached hydrogens (tertiary/aromatic N) is 7. The third kappa shape index (κ3) is 2.81. The third-order valence-corrected chi connectivity index (χ3v) is 5.15. The minimum absolute atomic E-state index is 0.0176. The summed E-state index contributed by atoms with van der Waals surface area (Å²) < 4.78 is 3.70. The molecule has 0 spiro atoms. The predicted octanol–water partition coefficient (Wildman–Crippen LogP) is 1.44. The van der Waals surface area contributed by atoms with Gasteiger partial charge < -0.3 is 9.80 Å². The van der Waals surface area contributed by atoms with E-state index in [1.807, 2.05) is 42.7 Å². The second-order valence-electron chi connectivity index (χ2n) is 6.83.